The van der Waals surface area contributed by atoms with Gasteiger partial charge in [-0.1, -0.05) is 31.1 Å². The van der Waals surface area contributed by atoms with Gasteiger partial charge in [-0.25, -0.2) is 0 Å². The molecule has 2 atom stereocenters. The number of ether oxygens (including phenoxy) is 1. The second-order valence-corrected chi connectivity index (χ2v) is 12.3. The zero-order valence-electron chi connectivity index (χ0n) is 25.8. The van der Waals surface area contributed by atoms with Gasteiger partial charge >= 0.3 is 0 Å². The minimum Gasteiger partial charge on any atom is -0.494 e. The number of anilines is 3. The van der Waals surface area contributed by atoms with Crippen LogP contribution in [0.15, 0.2) is 42.1 Å². The number of thiol groups is 1. The highest BCUT2D eigenvalue weighted by atomic mass is 32.1. The van der Waals surface area contributed by atoms with Crippen LogP contribution >= 0.6 is 12.6 Å². The Hall–Kier alpha value is -4.39. The van der Waals surface area contributed by atoms with Crippen molar-refractivity contribution in [1.82, 2.24) is 25.7 Å². The number of nitrogens with one attached hydrogen (secondary N) is 5. The molecule has 238 valence electrons. The molecule has 2 fully saturated rings. The third-order valence-electron chi connectivity index (χ3n) is 8.35. The molecular weight excluding hydrogens is 592 g/mol. The van der Waals surface area contributed by atoms with Gasteiger partial charge in [0.25, 0.3) is 11.8 Å². The number of para-hydroxylation sites is 1. The first-order chi connectivity index (χ1) is 21.7. The Morgan fingerprint density at radius 1 is 1.11 bits per heavy atom. The lowest BCUT2D eigenvalue weighted by Gasteiger charge is -2.31. The summed E-state index contributed by atoms with van der Waals surface area (Å²) in [6, 6.07) is 7.16. The van der Waals surface area contributed by atoms with Gasteiger partial charge in [0, 0.05) is 55.1 Å². The second-order valence-electron chi connectivity index (χ2n) is 11.6. The Kier molecular flexibility index (Phi) is 10.1. The van der Waals surface area contributed by atoms with Crippen molar-refractivity contribution >= 4 is 58.8 Å². The van der Waals surface area contributed by atoms with E-state index < -0.39 is 5.91 Å². The first-order valence-corrected chi connectivity index (χ1v) is 15.7. The smallest absolute Gasteiger partial charge is 0.273 e. The number of methoxy groups -OCH3 is 1. The summed E-state index contributed by atoms with van der Waals surface area (Å²) >= 11 is 4.68. The van der Waals surface area contributed by atoms with E-state index in [9.17, 15) is 14.4 Å². The summed E-state index contributed by atoms with van der Waals surface area (Å²) in [7, 11) is 4.78. The molecule has 3 amide bonds. The van der Waals surface area contributed by atoms with Crippen molar-refractivity contribution < 1.29 is 19.1 Å². The number of hydrogen-bond donors (Lipinski definition) is 6. The van der Waals surface area contributed by atoms with Crippen LogP contribution < -0.4 is 26.0 Å². The zero-order valence-corrected chi connectivity index (χ0v) is 26.7. The molecule has 2 saturated carbocycles. The highest BCUT2D eigenvalue weighted by Crippen LogP contribution is 2.37. The van der Waals surface area contributed by atoms with Gasteiger partial charge in [0.2, 0.25) is 5.91 Å². The van der Waals surface area contributed by atoms with E-state index in [1.165, 1.54) is 7.05 Å². The topological polar surface area (TPSA) is 161 Å². The van der Waals surface area contributed by atoms with Gasteiger partial charge < -0.3 is 36.3 Å². The average molecular weight is 633 g/mol. The highest BCUT2D eigenvalue weighted by Gasteiger charge is 2.31. The fourth-order valence-corrected chi connectivity index (χ4v) is 6.16. The Balaban J connectivity index is 1.34. The summed E-state index contributed by atoms with van der Waals surface area (Å²) in [4.78, 5) is 39.7. The molecule has 1 aliphatic heterocycles. The second kappa shape index (κ2) is 14.1. The normalized spacial score (nSPS) is 19.3. The van der Waals surface area contributed by atoms with Crippen LogP contribution in [0.3, 0.4) is 0 Å². The number of hydrogen-bond acceptors (Lipinski definition) is 10. The van der Waals surface area contributed by atoms with Crippen molar-refractivity contribution in [2.45, 2.75) is 43.8 Å². The van der Waals surface area contributed by atoms with Crippen LogP contribution in [0, 0.1) is 17.2 Å². The fourth-order valence-electron chi connectivity index (χ4n) is 5.65. The Labute approximate surface area is 268 Å². The first-order valence-electron chi connectivity index (χ1n) is 15.2. The van der Waals surface area contributed by atoms with Crippen LogP contribution in [0.4, 0.5) is 17.2 Å². The predicted octanol–water partition coefficient (Wildman–Crippen LogP) is 3.77. The summed E-state index contributed by atoms with van der Waals surface area (Å²) in [5, 5.41) is 28.7. The summed E-state index contributed by atoms with van der Waals surface area (Å²) < 4.78 is 5.82. The van der Waals surface area contributed by atoms with Crippen LogP contribution in [0.1, 0.15) is 54.6 Å². The molecule has 0 saturated heterocycles. The summed E-state index contributed by atoms with van der Waals surface area (Å²) in [5.41, 5.74) is 3.66. The molecule has 2 aliphatic carbocycles. The van der Waals surface area contributed by atoms with Crippen LogP contribution in [0.2, 0.25) is 0 Å². The number of carbonyl (C=O) groups is 3. The molecule has 1 aromatic heterocycles. The number of allylic oxidation sites excluding steroid dienone is 2. The van der Waals surface area contributed by atoms with Crippen LogP contribution in [-0.4, -0.2) is 78.1 Å². The summed E-state index contributed by atoms with van der Waals surface area (Å²) in [5.74, 6) is 0.113. The van der Waals surface area contributed by atoms with E-state index in [1.54, 1.807) is 31.2 Å². The first kappa shape index (κ1) is 32.0. The van der Waals surface area contributed by atoms with Crippen molar-refractivity contribution in [3.05, 3.63) is 53.4 Å². The molecule has 1 aromatic carbocycles. The maximum atomic E-state index is 13.2. The maximum Gasteiger partial charge on any atom is 0.273 e. The minimum absolute atomic E-state index is 0.0166. The third-order valence-corrected chi connectivity index (χ3v) is 8.97. The quantitative estimate of drug-likeness (QED) is 0.161. The Morgan fingerprint density at radius 2 is 1.89 bits per heavy atom. The number of carbonyl (C=O) groups excluding carboxylic acids is 3. The SMILES string of the molecule is CNC(=O)c1nnc(NC(=O)C2CC2)cc1Nc1cccc(C2=CC=C(C(=O)N(C)CC(=N)C3CCCCC3S)NC2)c1OC. The molecule has 13 heteroatoms. The molecule has 2 heterocycles. The molecule has 5 N–H and O–H groups in total. The summed E-state index contributed by atoms with van der Waals surface area (Å²) in [6.45, 7) is 0.646. The van der Waals surface area contributed by atoms with E-state index in [1.807, 2.05) is 24.3 Å². The average Bonchev–Trinajstić information content (AvgIpc) is 3.90. The Bertz CT molecular complexity index is 1550. The lowest BCUT2D eigenvalue weighted by molar-refractivity contribution is -0.125. The number of benzene rings is 1. The van der Waals surface area contributed by atoms with E-state index >= 15 is 0 Å². The zero-order chi connectivity index (χ0) is 32.1. The third kappa shape index (κ3) is 7.47. The van der Waals surface area contributed by atoms with Gasteiger partial charge in [-0.05, 0) is 43.4 Å². The van der Waals surface area contributed by atoms with E-state index in [0.717, 1.165) is 49.7 Å². The molecule has 12 nitrogen and oxygen atoms in total. The highest BCUT2D eigenvalue weighted by molar-refractivity contribution is 7.81. The van der Waals surface area contributed by atoms with Crippen molar-refractivity contribution in [2.75, 3.05) is 44.9 Å². The van der Waals surface area contributed by atoms with Gasteiger partial charge in [0.1, 0.15) is 11.4 Å². The lowest BCUT2D eigenvalue weighted by atomic mass is 9.85. The van der Waals surface area contributed by atoms with Crippen LogP contribution in [-0.2, 0) is 9.59 Å². The molecule has 0 radical (unpaired) electrons. The molecule has 45 heavy (non-hydrogen) atoms. The molecule has 2 aromatic rings. The van der Waals surface area contributed by atoms with Crippen LogP contribution in [0.25, 0.3) is 5.57 Å². The van der Waals surface area contributed by atoms with Gasteiger partial charge in [0.15, 0.2) is 11.5 Å². The number of nitrogens with zero attached hydrogens (tertiary/aromatic N) is 3. The largest absolute Gasteiger partial charge is 0.494 e. The minimum atomic E-state index is -0.439. The van der Waals surface area contributed by atoms with Crippen molar-refractivity contribution in [3.8, 4) is 5.75 Å². The van der Waals surface area contributed by atoms with Crippen molar-refractivity contribution in [3.63, 3.8) is 0 Å². The van der Waals surface area contributed by atoms with Crippen LogP contribution in [0.5, 0.6) is 5.75 Å². The number of amides is 3. The van der Waals surface area contributed by atoms with Gasteiger partial charge in [0.05, 0.1) is 25.0 Å². The van der Waals surface area contributed by atoms with E-state index in [2.05, 4.69) is 44.1 Å². The lowest BCUT2D eigenvalue weighted by Crippen LogP contribution is -2.41. The van der Waals surface area contributed by atoms with Crippen molar-refractivity contribution in [2.24, 2.45) is 11.8 Å². The number of rotatable bonds is 11. The number of dihydropyridines is 1. The monoisotopic (exact) mass is 632 g/mol. The fraction of sp³-hybridized carbons (Fsp3) is 0.438. The predicted molar refractivity (Wildman–Crippen MR) is 177 cm³/mol. The molecular formula is C32H40N8O4S. The number of aromatic nitrogens is 2. The van der Waals surface area contributed by atoms with Gasteiger partial charge in [-0.3, -0.25) is 14.4 Å². The molecule has 2 unspecified atom stereocenters. The molecule has 3 aliphatic rings. The molecule has 0 spiro atoms. The van der Waals surface area contributed by atoms with E-state index in [-0.39, 0.29) is 47.0 Å². The van der Waals surface area contributed by atoms with Crippen molar-refractivity contribution in [1.29, 1.82) is 5.41 Å². The van der Waals surface area contributed by atoms with Gasteiger partial charge in [-0.15, -0.1) is 10.2 Å². The molecule has 5 rings (SSSR count). The van der Waals surface area contributed by atoms with Gasteiger partial charge in [-0.2, -0.15) is 12.6 Å². The Morgan fingerprint density at radius 3 is 2.56 bits per heavy atom. The summed E-state index contributed by atoms with van der Waals surface area (Å²) in [6.07, 6.45) is 9.50. The van der Waals surface area contributed by atoms with E-state index in [0.29, 0.717) is 35.1 Å². The maximum absolute atomic E-state index is 13.2. The standard InChI is InChI=1S/C32H40N8O4S/c1-34-31(42)28-25(15-27(38-39-28)37-30(41)18-11-12-18)36-23-9-6-8-20(29(23)44-3)19-13-14-24(35-16-19)32(43)40(2)17-22(33)21-7-4-5-10-26(21)45/h6,8-9,13-15,18,21,26,33,35,45H,4-5,7,10-12,16-17H2,1-3H3,(H,34,42)(H2,36,37,38,41). The van der Waals surface area contributed by atoms with E-state index in [4.69, 9.17) is 10.1 Å². The number of likely N-dealkylation sites (N-methyl/N-ethyl adjacent to an activating group) is 1. The molecule has 0 bridgehead atoms.